The first-order chi connectivity index (χ1) is 14.4. The minimum atomic E-state index is -3.01. The van der Waals surface area contributed by atoms with Gasteiger partial charge in [-0.1, -0.05) is 36.4 Å². The van der Waals surface area contributed by atoms with E-state index in [1.54, 1.807) is 18.2 Å². The average Bonchev–Trinajstić information content (AvgIpc) is 3.00. The third-order valence-corrected chi connectivity index (χ3v) is 5.44. The highest BCUT2D eigenvalue weighted by molar-refractivity contribution is 7.07. The summed E-state index contributed by atoms with van der Waals surface area (Å²) in [5, 5.41) is 18.8. The van der Waals surface area contributed by atoms with Crippen LogP contribution in [0, 0.1) is 36.5 Å². The Bertz CT molecular complexity index is 1340. The van der Waals surface area contributed by atoms with E-state index in [0.717, 1.165) is 22.5 Å². The zero-order valence-corrected chi connectivity index (χ0v) is 16.8. The van der Waals surface area contributed by atoms with Crippen molar-refractivity contribution in [2.24, 2.45) is 0 Å². The summed E-state index contributed by atoms with van der Waals surface area (Å²) >= 11 is 0.948. The molecule has 30 heavy (non-hydrogen) atoms. The molecule has 0 atom stereocenters. The molecule has 0 aliphatic rings. The zero-order valence-electron chi connectivity index (χ0n) is 16.0. The van der Waals surface area contributed by atoms with Crippen molar-refractivity contribution in [2.45, 2.75) is 20.5 Å². The molecule has 0 fully saturated rings. The number of nitrogens with zero attached hydrogens (tertiary/aromatic N) is 3. The first-order valence-corrected chi connectivity index (χ1v) is 9.57. The van der Waals surface area contributed by atoms with E-state index < -0.39 is 12.2 Å². The summed E-state index contributed by atoms with van der Waals surface area (Å²) in [4.78, 5) is 13.3. The molecule has 8 heteroatoms. The number of aromatic nitrogens is 1. The van der Waals surface area contributed by atoms with Crippen molar-refractivity contribution < 1.29 is 13.5 Å². The Balaban J connectivity index is 2.42. The molecule has 1 aromatic heterocycles. The van der Waals surface area contributed by atoms with Gasteiger partial charge in [-0.25, -0.2) is 0 Å². The molecule has 0 radical (unpaired) electrons. The SMILES string of the molecule is Cc1cccc(C)c1-n1c(=C(C#N)C#N)s/c(=C\c2ccccc2OC(F)F)c1=O. The highest BCUT2D eigenvalue weighted by Crippen LogP contribution is 2.21. The number of rotatable bonds is 4. The monoisotopic (exact) mass is 423 g/mol. The third-order valence-electron chi connectivity index (χ3n) is 4.35. The van der Waals surface area contributed by atoms with Gasteiger partial charge < -0.3 is 4.74 Å². The van der Waals surface area contributed by atoms with Crippen molar-refractivity contribution in [1.29, 1.82) is 10.5 Å². The minimum absolute atomic E-state index is 0.0785. The molecule has 3 aromatic rings. The van der Waals surface area contributed by atoms with Gasteiger partial charge in [0.15, 0.2) is 5.57 Å². The molecule has 0 saturated heterocycles. The second-order valence-electron chi connectivity index (χ2n) is 6.31. The summed E-state index contributed by atoms with van der Waals surface area (Å²) in [7, 11) is 0. The van der Waals surface area contributed by atoms with Gasteiger partial charge in [0, 0.05) is 5.56 Å². The molecule has 0 amide bonds. The quantitative estimate of drug-likeness (QED) is 0.646. The Hall–Kier alpha value is -3.75. The van der Waals surface area contributed by atoms with Gasteiger partial charge >= 0.3 is 6.61 Å². The van der Waals surface area contributed by atoms with Crippen molar-refractivity contribution in [3.8, 4) is 23.6 Å². The fourth-order valence-electron chi connectivity index (χ4n) is 3.08. The van der Waals surface area contributed by atoms with E-state index in [0.29, 0.717) is 5.69 Å². The molecule has 3 rings (SSSR count). The van der Waals surface area contributed by atoms with E-state index in [9.17, 15) is 24.1 Å². The van der Waals surface area contributed by atoms with Crippen molar-refractivity contribution in [3.63, 3.8) is 0 Å². The maximum absolute atomic E-state index is 13.3. The molecule has 0 aliphatic heterocycles. The van der Waals surface area contributed by atoms with Crippen LogP contribution >= 0.6 is 11.3 Å². The highest BCUT2D eigenvalue weighted by atomic mass is 32.1. The molecule has 1 heterocycles. The van der Waals surface area contributed by atoms with Gasteiger partial charge in [-0.3, -0.25) is 9.36 Å². The third kappa shape index (κ3) is 4.00. The maximum atomic E-state index is 13.3. The topological polar surface area (TPSA) is 78.8 Å². The van der Waals surface area contributed by atoms with E-state index in [1.807, 2.05) is 44.2 Å². The van der Waals surface area contributed by atoms with Crippen LogP contribution in [0.25, 0.3) is 17.3 Å². The number of para-hydroxylation sites is 2. The number of hydrogen-bond acceptors (Lipinski definition) is 5. The molecule has 150 valence electrons. The highest BCUT2D eigenvalue weighted by Gasteiger charge is 2.15. The number of hydrogen-bond donors (Lipinski definition) is 0. The first kappa shape index (κ1) is 21.0. The van der Waals surface area contributed by atoms with Gasteiger partial charge in [-0.2, -0.15) is 19.3 Å². The normalized spacial score (nSPS) is 11.2. The molecule has 0 spiro atoms. The Morgan fingerprint density at radius 3 is 2.33 bits per heavy atom. The van der Waals surface area contributed by atoms with Crippen LogP contribution in [0.3, 0.4) is 0 Å². The van der Waals surface area contributed by atoms with Crippen LogP contribution in [-0.4, -0.2) is 11.2 Å². The predicted molar refractivity (Wildman–Crippen MR) is 110 cm³/mol. The summed E-state index contributed by atoms with van der Waals surface area (Å²) in [5.41, 5.74) is 1.78. The standard InChI is InChI=1S/C22H15F2N3O2S/c1-13-6-5-7-14(2)19(13)27-20(28)18(30-21(27)16(11-25)12-26)10-15-8-3-4-9-17(15)29-22(23)24/h3-10,22H,1-2H3/b18-10-. The first-order valence-electron chi connectivity index (χ1n) is 8.76. The number of alkyl halides is 2. The van der Waals surface area contributed by atoms with Crippen LogP contribution in [0.2, 0.25) is 0 Å². The second kappa shape index (κ2) is 8.73. The molecule has 0 N–H and O–H groups in total. The van der Waals surface area contributed by atoms with Gasteiger partial charge in [0.1, 0.15) is 22.6 Å². The largest absolute Gasteiger partial charge is 0.434 e. The summed E-state index contributed by atoms with van der Waals surface area (Å²) < 4.78 is 31.7. The lowest BCUT2D eigenvalue weighted by molar-refractivity contribution is -0.0499. The summed E-state index contributed by atoms with van der Waals surface area (Å²) in [6.45, 7) is 0.634. The lowest BCUT2D eigenvalue weighted by Gasteiger charge is -2.10. The molecule has 0 saturated carbocycles. The zero-order chi connectivity index (χ0) is 21.8. The Morgan fingerprint density at radius 2 is 1.73 bits per heavy atom. The van der Waals surface area contributed by atoms with Crippen molar-refractivity contribution in [2.75, 3.05) is 0 Å². The van der Waals surface area contributed by atoms with Crippen LogP contribution in [0.5, 0.6) is 5.75 Å². The maximum Gasteiger partial charge on any atom is 0.387 e. The molecule has 2 aromatic carbocycles. The average molecular weight is 423 g/mol. The number of benzene rings is 2. The Kier molecular flexibility index (Phi) is 6.10. The Morgan fingerprint density at radius 1 is 1.10 bits per heavy atom. The molecular formula is C22H15F2N3O2S. The number of ether oxygens (including phenoxy) is 1. The summed E-state index contributed by atoms with van der Waals surface area (Å²) in [6, 6.07) is 15.2. The van der Waals surface area contributed by atoms with Crippen LogP contribution in [0.15, 0.2) is 47.3 Å². The lowest BCUT2D eigenvalue weighted by Crippen LogP contribution is -2.31. The van der Waals surface area contributed by atoms with Crippen molar-refractivity contribution in [1.82, 2.24) is 4.57 Å². The number of halogens is 2. The lowest BCUT2D eigenvalue weighted by atomic mass is 10.1. The molecule has 0 bridgehead atoms. The predicted octanol–water partition coefficient (Wildman–Crippen LogP) is 3.14. The fraction of sp³-hybridized carbons (Fsp3) is 0.136. The van der Waals surface area contributed by atoms with Gasteiger partial charge in [0.2, 0.25) is 0 Å². The molecule has 5 nitrogen and oxygen atoms in total. The fourth-order valence-corrected chi connectivity index (χ4v) is 4.11. The van der Waals surface area contributed by atoms with E-state index in [-0.39, 0.29) is 26.1 Å². The summed E-state index contributed by atoms with van der Waals surface area (Å²) in [6.07, 6.45) is 1.42. The van der Waals surface area contributed by atoms with Crippen LogP contribution in [0.1, 0.15) is 16.7 Å². The van der Waals surface area contributed by atoms with Gasteiger partial charge in [0.05, 0.1) is 10.2 Å². The number of aryl methyl sites for hydroxylation is 2. The van der Waals surface area contributed by atoms with Crippen LogP contribution in [-0.2, 0) is 0 Å². The van der Waals surface area contributed by atoms with Crippen molar-refractivity contribution >= 4 is 23.0 Å². The van der Waals surface area contributed by atoms with Gasteiger partial charge in [-0.05, 0) is 37.1 Å². The van der Waals surface area contributed by atoms with Gasteiger partial charge in [0.25, 0.3) is 5.56 Å². The van der Waals surface area contributed by atoms with E-state index in [2.05, 4.69) is 4.74 Å². The molecule has 0 unspecified atom stereocenters. The number of nitriles is 2. The second-order valence-corrected chi connectivity index (χ2v) is 7.34. The van der Waals surface area contributed by atoms with E-state index in [1.165, 1.54) is 16.7 Å². The number of thiazole rings is 1. The smallest absolute Gasteiger partial charge is 0.387 e. The van der Waals surface area contributed by atoms with Gasteiger partial charge in [-0.15, -0.1) is 11.3 Å². The Labute approximate surface area is 174 Å². The minimum Gasteiger partial charge on any atom is -0.434 e. The van der Waals surface area contributed by atoms with E-state index >= 15 is 0 Å². The van der Waals surface area contributed by atoms with Crippen LogP contribution < -0.4 is 19.5 Å². The van der Waals surface area contributed by atoms with Crippen molar-refractivity contribution in [3.05, 3.63) is 78.7 Å². The van der Waals surface area contributed by atoms with Crippen LogP contribution in [0.4, 0.5) is 8.78 Å². The van der Waals surface area contributed by atoms with E-state index in [4.69, 9.17) is 0 Å². The molecular weight excluding hydrogens is 408 g/mol. The summed E-state index contributed by atoms with van der Waals surface area (Å²) in [5.74, 6) is -0.0785. The molecule has 0 aliphatic carbocycles.